The molecule has 0 aliphatic carbocycles. The fraction of sp³-hybridized carbons (Fsp3) is 0.158. The summed E-state index contributed by atoms with van der Waals surface area (Å²) in [4.78, 5) is 13.4. The van der Waals surface area contributed by atoms with E-state index in [-0.39, 0.29) is 0 Å². The Bertz CT molecular complexity index is 766. The predicted octanol–water partition coefficient (Wildman–Crippen LogP) is 4.85. The molecule has 0 aliphatic heterocycles. The topological polar surface area (TPSA) is 35.5 Å². The predicted molar refractivity (Wildman–Crippen MR) is 97.7 cm³/mol. The van der Waals surface area contributed by atoms with Crippen molar-refractivity contribution in [2.45, 2.75) is 9.64 Å². The molecule has 5 heteroatoms. The molecule has 2 rings (SSSR count). The van der Waals surface area contributed by atoms with E-state index in [0.29, 0.717) is 10.8 Å². The van der Waals surface area contributed by atoms with Crippen LogP contribution in [0.2, 0.25) is 5.02 Å². The molecule has 0 radical (unpaired) electrons. The third-order valence-corrected chi connectivity index (χ3v) is 5.28. The molecule has 0 spiro atoms. The summed E-state index contributed by atoms with van der Waals surface area (Å²) in [6.45, 7) is 3.63. The van der Waals surface area contributed by atoms with Gasteiger partial charge in [0, 0.05) is 4.90 Å². The molecule has 0 aromatic heterocycles. The third-order valence-electron chi connectivity index (χ3n) is 3.42. The van der Waals surface area contributed by atoms with Gasteiger partial charge in [0.15, 0.2) is 4.75 Å². The molecule has 0 N–H and O–H groups in total. The minimum Gasteiger partial charge on any atom is -0.497 e. The van der Waals surface area contributed by atoms with E-state index < -0.39 is 10.7 Å². The van der Waals surface area contributed by atoms with Crippen LogP contribution in [-0.2, 0) is 14.3 Å². The normalized spacial score (nSPS) is 12.6. The van der Waals surface area contributed by atoms with Gasteiger partial charge < -0.3 is 9.47 Å². The number of methoxy groups -OCH3 is 2. The number of esters is 1. The van der Waals surface area contributed by atoms with Gasteiger partial charge in [-0.3, -0.25) is 0 Å². The summed E-state index contributed by atoms with van der Waals surface area (Å²) in [6, 6.07) is 14.5. The number of hydrogen-bond acceptors (Lipinski definition) is 4. The van der Waals surface area contributed by atoms with Crippen LogP contribution in [0.25, 0.3) is 0 Å². The van der Waals surface area contributed by atoms with E-state index in [9.17, 15) is 4.79 Å². The molecule has 2 aromatic carbocycles. The highest BCUT2D eigenvalue weighted by Gasteiger charge is 2.41. The van der Waals surface area contributed by atoms with Gasteiger partial charge in [0.1, 0.15) is 5.75 Å². The Morgan fingerprint density at radius 2 is 1.88 bits per heavy atom. The van der Waals surface area contributed by atoms with Crippen molar-refractivity contribution in [2.24, 2.45) is 0 Å². The van der Waals surface area contributed by atoms with E-state index in [4.69, 9.17) is 21.1 Å². The van der Waals surface area contributed by atoms with Gasteiger partial charge in [-0.2, -0.15) is 0 Å². The quantitative estimate of drug-likeness (QED) is 0.419. The van der Waals surface area contributed by atoms with Crippen molar-refractivity contribution in [3.05, 3.63) is 77.5 Å². The van der Waals surface area contributed by atoms with Crippen LogP contribution in [0.4, 0.5) is 0 Å². The highest BCUT2D eigenvalue weighted by atomic mass is 35.5. The zero-order valence-electron chi connectivity index (χ0n) is 13.4. The zero-order chi connectivity index (χ0) is 17.6. The van der Waals surface area contributed by atoms with Crippen molar-refractivity contribution in [1.29, 1.82) is 0 Å². The second kappa shape index (κ2) is 8.11. The highest BCUT2D eigenvalue weighted by Crippen LogP contribution is 2.46. The van der Waals surface area contributed by atoms with Crippen LogP contribution in [0.5, 0.6) is 5.75 Å². The molecular formula is C19H17ClO3S. The molecule has 0 fully saturated rings. The van der Waals surface area contributed by atoms with Crippen molar-refractivity contribution in [3.63, 3.8) is 0 Å². The molecule has 0 amide bonds. The molecule has 0 heterocycles. The van der Waals surface area contributed by atoms with Crippen molar-refractivity contribution in [3.8, 4) is 5.75 Å². The van der Waals surface area contributed by atoms with Crippen molar-refractivity contribution in [2.75, 3.05) is 14.2 Å². The molecule has 24 heavy (non-hydrogen) atoms. The van der Waals surface area contributed by atoms with Gasteiger partial charge in [0.2, 0.25) is 0 Å². The molecule has 3 nitrogen and oxygen atoms in total. The van der Waals surface area contributed by atoms with Crippen molar-refractivity contribution < 1.29 is 14.3 Å². The average Bonchev–Trinajstić information content (AvgIpc) is 2.62. The second-order valence-corrected chi connectivity index (χ2v) is 6.53. The first-order valence-electron chi connectivity index (χ1n) is 7.11. The van der Waals surface area contributed by atoms with Crippen LogP contribution >= 0.6 is 23.4 Å². The van der Waals surface area contributed by atoms with Crippen LogP contribution in [0.3, 0.4) is 0 Å². The SMILES string of the molecule is C=C=CC(Sc1ccccc1Cl)(C(=O)OC)c1ccc(OC)cc1. The van der Waals surface area contributed by atoms with E-state index >= 15 is 0 Å². The van der Waals surface area contributed by atoms with Crippen molar-refractivity contribution >= 4 is 29.3 Å². The van der Waals surface area contributed by atoms with Crippen LogP contribution < -0.4 is 4.74 Å². The summed E-state index contributed by atoms with van der Waals surface area (Å²) in [5.74, 6) is 0.261. The highest BCUT2D eigenvalue weighted by molar-refractivity contribution is 8.01. The zero-order valence-corrected chi connectivity index (χ0v) is 15.0. The lowest BCUT2D eigenvalue weighted by atomic mass is 9.98. The van der Waals surface area contributed by atoms with E-state index in [1.807, 2.05) is 30.3 Å². The number of ether oxygens (including phenoxy) is 2. The van der Waals surface area contributed by atoms with Gasteiger partial charge in [0.25, 0.3) is 0 Å². The van der Waals surface area contributed by atoms with Gasteiger partial charge in [-0.05, 0) is 35.9 Å². The van der Waals surface area contributed by atoms with Gasteiger partial charge >= 0.3 is 5.97 Å². The fourth-order valence-corrected chi connectivity index (χ4v) is 3.70. The maximum absolute atomic E-state index is 12.7. The Morgan fingerprint density at radius 3 is 2.42 bits per heavy atom. The van der Waals surface area contributed by atoms with E-state index in [2.05, 4.69) is 12.3 Å². The monoisotopic (exact) mass is 360 g/mol. The Kier molecular flexibility index (Phi) is 6.16. The molecule has 2 aromatic rings. The molecule has 1 atom stereocenters. The minimum atomic E-state index is -1.15. The first-order valence-corrected chi connectivity index (χ1v) is 8.30. The molecule has 1 unspecified atom stereocenters. The van der Waals surface area contributed by atoms with Gasteiger partial charge in [-0.25, -0.2) is 4.79 Å². The Labute approximate surface area is 150 Å². The van der Waals surface area contributed by atoms with Gasteiger partial charge in [-0.15, -0.1) is 5.73 Å². The summed E-state index contributed by atoms with van der Waals surface area (Å²) in [5.41, 5.74) is 3.44. The van der Waals surface area contributed by atoms with E-state index in [0.717, 1.165) is 10.5 Å². The number of benzene rings is 2. The smallest absolute Gasteiger partial charge is 0.331 e. The number of carbonyl (C=O) groups is 1. The van der Waals surface area contributed by atoms with E-state index in [1.54, 1.807) is 31.4 Å². The molecular weight excluding hydrogens is 344 g/mol. The van der Waals surface area contributed by atoms with Crippen molar-refractivity contribution in [1.82, 2.24) is 0 Å². The summed E-state index contributed by atoms with van der Waals surface area (Å²) >= 11 is 7.55. The first-order chi connectivity index (χ1) is 11.6. The Hall–Kier alpha value is -2.13. The lowest BCUT2D eigenvalue weighted by molar-refractivity contribution is -0.142. The van der Waals surface area contributed by atoms with E-state index in [1.165, 1.54) is 18.9 Å². The maximum atomic E-state index is 12.7. The summed E-state index contributed by atoms with van der Waals surface area (Å²) < 4.78 is 9.10. The molecule has 124 valence electrons. The summed E-state index contributed by atoms with van der Waals surface area (Å²) in [7, 11) is 2.94. The van der Waals surface area contributed by atoms with Gasteiger partial charge in [0.05, 0.1) is 19.2 Å². The number of rotatable bonds is 6. The average molecular weight is 361 g/mol. The number of hydrogen-bond donors (Lipinski definition) is 0. The Morgan fingerprint density at radius 1 is 1.21 bits per heavy atom. The molecule has 0 bridgehead atoms. The minimum absolute atomic E-state index is 0.436. The number of carbonyl (C=O) groups excluding carboxylic acids is 1. The molecule has 0 saturated carbocycles. The van der Waals surface area contributed by atoms with Crippen LogP contribution in [-0.4, -0.2) is 20.2 Å². The second-order valence-electron chi connectivity index (χ2n) is 4.84. The van der Waals surface area contributed by atoms with Gasteiger partial charge in [-0.1, -0.05) is 54.2 Å². The van der Waals surface area contributed by atoms with Crippen LogP contribution in [0.15, 0.2) is 71.8 Å². The maximum Gasteiger partial charge on any atom is 0.331 e. The number of halogens is 1. The standard InChI is InChI=1S/C19H17ClO3S/c1-4-13-19(18(21)23-3,14-9-11-15(22-2)12-10-14)24-17-8-6-5-7-16(17)20/h5-13H,1H2,2-3H3. The molecule has 0 saturated heterocycles. The third kappa shape index (κ3) is 3.68. The summed E-state index contributed by atoms with van der Waals surface area (Å²) in [5, 5.41) is 0.557. The van der Waals surface area contributed by atoms with Crippen LogP contribution in [0, 0.1) is 0 Å². The Balaban J connectivity index is 2.60. The number of thioether (sulfide) groups is 1. The lowest BCUT2D eigenvalue weighted by Gasteiger charge is -2.27. The summed E-state index contributed by atoms with van der Waals surface area (Å²) in [6.07, 6.45) is 1.59. The van der Waals surface area contributed by atoms with Crippen LogP contribution in [0.1, 0.15) is 5.56 Å². The largest absolute Gasteiger partial charge is 0.497 e. The lowest BCUT2D eigenvalue weighted by Crippen LogP contribution is -2.31. The first kappa shape index (κ1) is 18.2. The fourth-order valence-electron chi connectivity index (χ4n) is 2.23. The molecule has 0 aliphatic rings.